The van der Waals surface area contributed by atoms with Gasteiger partial charge < -0.3 is 15.0 Å². The molecular weight excluding hydrogens is 334 g/mol. The number of nitrogens with zero attached hydrogens (tertiary/aromatic N) is 3. The first kappa shape index (κ1) is 14.3. The Balaban J connectivity index is 1.87. The van der Waals surface area contributed by atoms with Crippen LogP contribution in [0.1, 0.15) is 6.42 Å². The van der Waals surface area contributed by atoms with Crippen molar-refractivity contribution in [1.82, 2.24) is 20.5 Å². The summed E-state index contributed by atoms with van der Waals surface area (Å²) in [6.07, 6.45) is 1.10. The van der Waals surface area contributed by atoms with Gasteiger partial charge in [-0.05, 0) is 31.2 Å². The summed E-state index contributed by atoms with van der Waals surface area (Å²) in [5.74, 6) is 2.25. The number of anilines is 1. The second kappa shape index (κ2) is 6.44. The summed E-state index contributed by atoms with van der Waals surface area (Å²) in [6.45, 7) is 3.91. The summed E-state index contributed by atoms with van der Waals surface area (Å²) in [5.41, 5.74) is 0.910. The van der Waals surface area contributed by atoms with E-state index in [-0.39, 0.29) is 0 Å². The van der Waals surface area contributed by atoms with E-state index in [4.69, 9.17) is 4.74 Å². The lowest BCUT2D eigenvalue weighted by Gasteiger charge is -2.16. The van der Waals surface area contributed by atoms with Crippen LogP contribution in [-0.4, -0.2) is 48.5 Å². The number of hydrogen-bond acceptors (Lipinski definition) is 5. The van der Waals surface area contributed by atoms with E-state index >= 15 is 0 Å². The van der Waals surface area contributed by atoms with Crippen LogP contribution in [0.15, 0.2) is 22.7 Å². The number of methoxy groups -OCH3 is 1. The minimum Gasteiger partial charge on any atom is -0.496 e. The second-order valence-electron chi connectivity index (χ2n) is 4.92. The van der Waals surface area contributed by atoms with E-state index in [1.807, 2.05) is 18.2 Å². The number of hydrogen-bond donors (Lipinski definition) is 2. The summed E-state index contributed by atoms with van der Waals surface area (Å²) in [7, 11) is 1.66. The Hall–Kier alpha value is -1.60. The van der Waals surface area contributed by atoms with Crippen molar-refractivity contribution in [1.29, 1.82) is 0 Å². The highest BCUT2D eigenvalue weighted by atomic mass is 79.9. The zero-order valence-electron chi connectivity index (χ0n) is 11.9. The summed E-state index contributed by atoms with van der Waals surface area (Å²) in [5, 5.41) is 10.7. The van der Waals surface area contributed by atoms with Gasteiger partial charge in [0.1, 0.15) is 5.75 Å². The van der Waals surface area contributed by atoms with E-state index in [0.717, 1.165) is 60.2 Å². The highest BCUT2D eigenvalue weighted by Gasteiger charge is 2.16. The van der Waals surface area contributed by atoms with E-state index in [9.17, 15) is 0 Å². The highest BCUT2D eigenvalue weighted by molar-refractivity contribution is 9.10. The van der Waals surface area contributed by atoms with Crippen LogP contribution in [0.3, 0.4) is 0 Å². The van der Waals surface area contributed by atoms with Gasteiger partial charge in [-0.25, -0.2) is 0 Å². The number of nitrogens with one attached hydrogen (secondary N) is 2. The van der Waals surface area contributed by atoms with Gasteiger partial charge in [0.25, 0.3) is 0 Å². The van der Waals surface area contributed by atoms with Gasteiger partial charge in [-0.2, -0.15) is 4.98 Å². The monoisotopic (exact) mass is 351 g/mol. The molecule has 2 heterocycles. The second-order valence-corrected chi connectivity index (χ2v) is 5.83. The van der Waals surface area contributed by atoms with Crippen molar-refractivity contribution in [3.63, 3.8) is 0 Å². The molecule has 1 saturated heterocycles. The first-order chi connectivity index (χ1) is 10.3. The molecule has 0 unspecified atom stereocenters. The molecule has 3 rings (SSSR count). The first-order valence-corrected chi connectivity index (χ1v) is 7.79. The Labute approximate surface area is 132 Å². The summed E-state index contributed by atoms with van der Waals surface area (Å²) in [4.78, 5) is 6.82. The molecule has 2 N–H and O–H groups in total. The molecule has 2 aromatic rings. The smallest absolute Gasteiger partial charge is 0.245 e. The SMILES string of the molecule is COc1cc(Br)ccc1-c1nc(N2CCCNCC2)n[nH]1. The van der Waals surface area contributed by atoms with E-state index in [1.165, 1.54) is 0 Å². The fourth-order valence-electron chi connectivity index (χ4n) is 2.42. The van der Waals surface area contributed by atoms with E-state index in [0.29, 0.717) is 0 Å². The summed E-state index contributed by atoms with van der Waals surface area (Å²) < 4.78 is 6.39. The van der Waals surface area contributed by atoms with Crippen molar-refractivity contribution in [2.75, 3.05) is 38.2 Å². The zero-order chi connectivity index (χ0) is 14.7. The number of halogens is 1. The lowest BCUT2D eigenvalue weighted by molar-refractivity contribution is 0.416. The first-order valence-electron chi connectivity index (χ1n) is 7.00. The molecule has 112 valence electrons. The van der Waals surface area contributed by atoms with Crippen molar-refractivity contribution in [2.45, 2.75) is 6.42 Å². The molecule has 1 aliphatic rings. The molecule has 0 atom stereocenters. The Kier molecular flexibility index (Phi) is 4.40. The average Bonchev–Trinajstić information content (AvgIpc) is 2.82. The predicted octanol–water partition coefficient (Wildman–Crippen LogP) is 2.04. The van der Waals surface area contributed by atoms with E-state index in [2.05, 4.69) is 41.3 Å². The number of rotatable bonds is 3. The minimum atomic E-state index is 0.728. The predicted molar refractivity (Wildman–Crippen MR) is 85.8 cm³/mol. The number of aromatic amines is 1. The Morgan fingerprint density at radius 1 is 1.29 bits per heavy atom. The van der Waals surface area contributed by atoms with Crippen LogP contribution >= 0.6 is 15.9 Å². The third-order valence-corrected chi connectivity index (χ3v) is 4.01. The Morgan fingerprint density at radius 3 is 3.05 bits per heavy atom. The fraction of sp³-hybridized carbons (Fsp3) is 0.429. The van der Waals surface area contributed by atoms with Gasteiger partial charge in [0.2, 0.25) is 5.95 Å². The standard InChI is InChI=1S/C14H18BrN5O/c1-21-12-9-10(15)3-4-11(12)13-17-14(19-18-13)20-7-2-5-16-6-8-20/h3-4,9,16H,2,5-8H2,1H3,(H,17,18,19). The van der Waals surface area contributed by atoms with Crippen molar-refractivity contribution in [3.8, 4) is 17.1 Å². The van der Waals surface area contributed by atoms with Crippen molar-refractivity contribution in [3.05, 3.63) is 22.7 Å². The minimum absolute atomic E-state index is 0.728. The maximum atomic E-state index is 5.41. The molecular formula is C14H18BrN5O. The molecule has 0 spiro atoms. The highest BCUT2D eigenvalue weighted by Crippen LogP contribution is 2.31. The van der Waals surface area contributed by atoms with Crippen molar-refractivity contribution < 1.29 is 4.74 Å². The quantitative estimate of drug-likeness (QED) is 0.885. The maximum Gasteiger partial charge on any atom is 0.245 e. The summed E-state index contributed by atoms with van der Waals surface area (Å²) in [6, 6.07) is 5.86. The maximum absolute atomic E-state index is 5.41. The Bertz CT molecular complexity index is 607. The molecule has 0 saturated carbocycles. The van der Waals surface area contributed by atoms with Crippen LogP contribution in [0.2, 0.25) is 0 Å². The average molecular weight is 352 g/mol. The third kappa shape index (κ3) is 3.19. The van der Waals surface area contributed by atoms with Crippen LogP contribution in [0.5, 0.6) is 5.75 Å². The van der Waals surface area contributed by atoms with Crippen LogP contribution < -0.4 is 15.0 Å². The largest absolute Gasteiger partial charge is 0.496 e. The van der Waals surface area contributed by atoms with Gasteiger partial charge in [-0.1, -0.05) is 15.9 Å². The number of ether oxygens (including phenoxy) is 1. The molecule has 1 aliphatic heterocycles. The van der Waals surface area contributed by atoms with Gasteiger partial charge in [-0.3, -0.25) is 5.10 Å². The van der Waals surface area contributed by atoms with Crippen LogP contribution in [0.4, 0.5) is 5.95 Å². The van der Waals surface area contributed by atoms with E-state index in [1.54, 1.807) is 7.11 Å². The van der Waals surface area contributed by atoms with E-state index < -0.39 is 0 Å². The fourth-order valence-corrected chi connectivity index (χ4v) is 2.76. The molecule has 0 aliphatic carbocycles. The van der Waals surface area contributed by atoms with Gasteiger partial charge >= 0.3 is 0 Å². The van der Waals surface area contributed by atoms with Crippen LogP contribution in [0, 0.1) is 0 Å². The zero-order valence-corrected chi connectivity index (χ0v) is 13.5. The molecule has 0 bridgehead atoms. The molecule has 6 nitrogen and oxygen atoms in total. The number of benzene rings is 1. The number of aromatic nitrogens is 3. The van der Waals surface area contributed by atoms with Crippen LogP contribution in [0.25, 0.3) is 11.4 Å². The molecule has 0 amide bonds. The molecule has 1 fully saturated rings. The molecule has 1 aromatic heterocycles. The Morgan fingerprint density at radius 2 is 2.19 bits per heavy atom. The number of H-pyrrole nitrogens is 1. The third-order valence-electron chi connectivity index (χ3n) is 3.52. The van der Waals surface area contributed by atoms with Gasteiger partial charge in [0, 0.05) is 24.1 Å². The normalized spacial score (nSPS) is 15.8. The van der Waals surface area contributed by atoms with Crippen molar-refractivity contribution >= 4 is 21.9 Å². The van der Waals surface area contributed by atoms with Gasteiger partial charge in [0.15, 0.2) is 5.82 Å². The lowest BCUT2D eigenvalue weighted by Crippen LogP contribution is -2.28. The summed E-state index contributed by atoms with van der Waals surface area (Å²) >= 11 is 3.44. The molecule has 1 aromatic carbocycles. The van der Waals surface area contributed by atoms with Gasteiger partial charge in [0.05, 0.1) is 12.7 Å². The molecule has 21 heavy (non-hydrogen) atoms. The van der Waals surface area contributed by atoms with Crippen molar-refractivity contribution in [2.24, 2.45) is 0 Å². The molecule has 0 radical (unpaired) electrons. The van der Waals surface area contributed by atoms with Gasteiger partial charge in [-0.15, -0.1) is 5.10 Å². The lowest BCUT2D eigenvalue weighted by atomic mass is 10.2. The topological polar surface area (TPSA) is 66.1 Å². The molecule has 7 heteroatoms. The van der Waals surface area contributed by atoms with Crippen LogP contribution in [-0.2, 0) is 0 Å².